The van der Waals surface area contributed by atoms with Gasteiger partial charge in [0, 0.05) is 10.7 Å². The Morgan fingerprint density at radius 2 is 2.00 bits per heavy atom. The van der Waals surface area contributed by atoms with E-state index in [9.17, 15) is 4.79 Å². The van der Waals surface area contributed by atoms with Gasteiger partial charge < -0.3 is 9.47 Å². The summed E-state index contributed by atoms with van der Waals surface area (Å²) < 4.78 is 11.2. The van der Waals surface area contributed by atoms with Gasteiger partial charge in [0.1, 0.15) is 6.10 Å². The lowest BCUT2D eigenvalue weighted by Gasteiger charge is -2.60. The van der Waals surface area contributed by atoms with Gasteiger partial charge in [-0.25, -0.2) is 0 Å². The van der Waals surface area contributed by atoms with Crippen molar-refractivity contribution in [2.24, 2.45) is 17.3 Å². The quantitative estimate of drug-likeness (QED) is 0.582. The van der Waals surface area contributed by atoms with Crippen molar-refractivity contribution < 1.29 is 14.3 Å². The molecule has 112 valence electrons. The van der Waals surface area contributed by atoms with Crippen LogP contribution in [0, 0.1) is 17.3 Å². The molecule has 1 aliphatic heterocycles. The number of ether oxygens (including phenoxy) is 2. The lowest BCUT2D eigenvalue weighted by Crippen LogP contribution is -2.53. The van der Waals surface area contributed by atoms with Crippen LogP contribution in [0.4, 0.5) is 0 Å². The summed E-state index contributed by atoms with van der Waals surface area (Å²) in [4.78, 5) is 12.3. The Hall–Kier alpha value is -0.0900. The van der Waals surface area contributed by atoms with Crippen LogP contribution in [0.5, 0.6) is 0 Å². The van der Waals surface area contributed by atoms with Gasteiger partial charge in [0.2, 0.25) is 0 Å². The molecule has 4 bridgehead atoms. The fourth-order valence-electron chi connectivity index (χ4n) is 5.68. The first-order valence-electron chi connectivity index (χ1n) is 8.00. The number of esters is 1. The highest BCUT2D eigenvalue weighted by atomic mass is 79.9. The number of carbonyl (C=O) groups excluding carboxylic acids is 1. The molecular weight excluding hydrogens is 320 g/mol. The minimum Gasteiger partial charge on any atom is -0.460 e. The van der Waals surface area contributed by atoms with Gasteiger partial charge in [0.05, 0.1) is 19.6 Å². The summed E-state index contributed by atoms with van der Waals surface area (Å²) in [5.74, 6) is 1.68. The molecule has 1 saturated heterocycles. The van der Waals surface area contributed by atoms with Crippen molar-refractivity contribution in [1.82, 2.24) is 0 Å². The van der Waals surface area contributed by atoms with Crippen molar-refractivity contribution in [2.75, 3.05) is 13.2 Å². The van der Waals surface area contributed by atoms with E-state index in [-0.39, 0.29) is 17.5 Å². The Morgan fingerprint density at radius 1 is 1.25 bits per heavy atom. The summed E-state index contributed by atoms with van der Waals surface area (Å²) in [6, 6.07) is 0. The molecule has 0 N–H and O–H groups in total. The Bertz CT molecular complexity index is 402. The first-order chi connectivity index (χ1) is 9.54. The number of rotatable bonds is 3. The Morgan fingerprint density at radius 3 is 2.60 bits per heavy atom. The van der Waals surface area contributed by atoms with Crippen LogP contribution >= 0.6 is 15.9 Å². The summed E-state index contributed by atoms with van der Waals surface area (Å²) >= 11 is 4.00. The molecular formula is C16H23BrO3. The van der Waals surface area contributed by atoms with E-state index in [0.29, 0.717) is 17.4 Å². The topological polar surface area (TPSA) is 35.5 Å². The molecule has 0 amide bonds. The van der Waals surface area contributed by atoms with Crippen molar-refractivity contribution >= 4 is 21.9 Å². The fourth-order valence-corrected chi connectivity index (χ4v) is 7.19. The maximum atomic E-state index is 12.3. The highest BCUT2D eigenvalue weighted by Gasteiger charge is 2.57. The summed E-state index contributed by atoms with van der Waals surface area (Å²) in [6.45, 7) is 1.32. The van der Waals surface area contributed by atoms with Crippen LogP contribution in [-0.4, -0.2) is 29.6 Å². The van der Waals surface area contributed by atoms with Crippen molar-refractivity contribution in [3.05, 3.63) is 0 Å². The van der Waals surface area contributed by atoms with Crippen LogP contribution in [0.3, 0.4) is 0 Å². The Labute approximate surface area is 128 Å². The molecule has 0 aromatic rings. The van der Waals surface area contributed by atoms with Crippen LogP contribution in [0.25, 0.3) is 0 Å². The summed E-state index contributed by atoms with van der Waals surface area (Å²) in [7, 11) is 0. The van der Waals surface area contributed by atoms with E-state index in [1.807, 2.05) is 0 Å². The summed E-state index contributed by atoms with van der Waals surface area (Å²) in [6.07, 6.45) is 9.18. The monoisotopic (exact) mass is 342 g/mol. The van der Waals surface area contributed by atoms with E-state index in [0.717, 1.165) is 24.9 Å². The van der Waals surface area contributed by atoms with Gasteiger partial charge in [-0.2, -0.15) is 0 Å². The average Bonchev–Trinajstić information content (AvgIpc) is 2.76. The zero-order valence-electron chi connectivity index (χ0n) is 11.9. The van der Waals surface area contributed by atoms with Crippen LogP contribution in [0.1, 0.15) is 51.4 Å². The van der Waals surface area contributed by atoms with Gasteiger partial charge in [-0.15, -0.1) is 0 Å². The minimum absolute atomic E-state index is 0.00865. The highest BCUT2D eigenvalue weighted by Crippen LogP contribution is 2.65. The van der Waals surface area contributed by atoms with Gasteiger partial charge in [-0.1, -0.05) is 15.9 Å². The van der Waals surface area contributed by atoms with Crippen molar-refractivity contribution in [2.45, 2.75) is 61.8 Å². The predicted molar refractivity (Wildman–Crippen MR) is 78.7 cm³/mol. The molecule has 1 heterocycles. The zero-order chi connectivity index (χ0) is 13.8. The van der Waals surface area contributed by atoms with Gasteiger partial charge in [-0.05, 0) is 55.8 Å². The Balaban J connectivity index is 1.43. The van der Waals surface area contributed by atoms with Gasteiger partial charge in [-0.3, -0.25) is 4.79 Å². The molecule has 0 radical (unpaired) electrons. The molecule has 3 atom stereocenters. The Kier molecular flexibility index (Phi) is 3.19. The normalized spacial score (nSPS) is 49.5. The van der Waals surface area contributed by atoms with Gasteiger partial charge in [0.15, 0.2) is 0 Å². The molecule has 4 aliphatic carbocycles. The second-order valence-electron chi connectivity index (χ2n) is 7.76. The van der Waals surface area contributed by atoms with Crippen molar-refractivity contribution in [3.8, 4) is 0 Å². The van der Waals surface area contributed by atoms with E-state index >= 15 is 0 Å². The van der Waals surface area contributed by atoms with Gasteiger partial charge in [0.25, 0.3) is 0 Å². The molecule has 20 heavy (non-hydrogen) atoms. The first kappa shape index (κ1) is 13.6. The van der Waals surface area contributed by atoms with E-state index in [4.69, 9.17) is 9.47 Å². The fraction of sp³-hybridized carbons (Fsp3) is 0.938. The van der Waals surface area contributed by atoms with Crippen molar-refractivity contribution in [1.29, 1.82) is 0 Å². The van der Waals surface area contributed by atoms with Crippen molar-refractivity contribution in [3.63, 3.8) is 0 Å². The third-order valence-corrected chi connectivity index (χ3v) is 6.74. The zero-order valence-corrected chi connectivity index (χ0v) is 13.5. The number of halogens is 1. The molecule has 5 aliphatic rings. The van der Waals surface area contributed by atoms with Gasteiger partial charge >= 0.3 is 5.97 Å². The van der Waals surface area contributed by atoms with E-state index < -0.39 is 0 Å². The smallest absolute Gasteiger partial charge is 0.306 e. The third-order valence-electron chi connectivity index (χ3n) is 5.82. The van der Waals surface area contributed by atoms with Crippen LogP contribution in [0.15, 0.2) is 0 Å². The second-order valence-corrected chi connectivity index (χ2v) is 9.45. The molecule has 5 fully saturated rings. The van der Waals surface area contributed by atoms with E-state index in [2.05, 4.69) is 15.9 Å². The molecule has 0 unspecified atom stereocenters. The van der Waals surface area contributed by atoms with Crippen LogP contribution in [-0.2, 0) is 14.3 Å². The number of hydrogen-bond donors (Lipinski definition) is 0. The summed E-state index contributed by atoms with van der Waals surface area (Å²) in [5, 5.41) is 0. The predicted octanol–water partition coefficient (Wildman–Crippen LogP) is 3.44. The lowest BCUT2D eigenvalue weighted by atomic mass is 9.49. The SMILES string of the molecule is O=C(CC12C[C@H]3C[C@@H](CC(Br)(C3)C1)C2)O[C@@H]1CCOC1. The largest absolute Gasteiger partial charge is 0.460 e. The second kappa shape index (κ2) is 4.70. The molecule has 3 nitrogen and oxygen atoms in total. The number of alkyl halides is 1. The average molecular weight is 343 g/mol. The molecule has 0 aromatic heterocycles. The minimum atomic E-state index is 0.00865. The molecule has 0 spiro atoms. The maximum absolute atomic E-state index is 12.3. The molecule has 5 rings (SSSR count). The van der Waals surface area contributed by atoms with Crippen LogP contribution in [0.2, 0.25) is 0 Å². The lowest BCUT2D eigenvalue weighted by molar-refractivity contribution is -0.156. The molecule has 4 saturated carbocycles. The molecule has 4 heteroatoms. The number of carbonyl (C=O) groups is 1. The van der Waals surface area contributed by atoms with E-state index in [1.54, 1.807) is 0 Å². The third kappa shape index (κ3) is 2.43. The molecule has 0 aromatic carbocycles. The van der Waals surface area contributed by atoms with E-state index in [1.165, 1.54) is 38.5 Å². The maximum Gasteiger partial charge on any atom is 0.306 e. The number of hydrogen-bond acceptors (Lipinski definition) is 3. The summed E-state index contributed by atoms with van der Waals surface area (Å²) in [5.41, 5.74) is 0.226. The first-order valence-corrected chi connectivity index (χ1v) is 8.80. The highest BCUT2D eigenvalue weighted by molar-refractivity contribution is 9.10. The standard InChI is InChI=1S/C16H23BrO3/c17-16-6-11-3-12(7-16)5-15(4-11,10-16)8-14(18)20-13-1-2-19-9-13/h11-13H,1-10H2/t11-,12-,13-,15?,16?/m1/s1. The van der Waals surface area contributed by atoms with Crippen LogP contribution < -0.4 is 0 Å².